The summed E-state index contributed by atoms with van der Waals surface area (Å²) in [4.78, 5) is 0. The first-order chi connectivity index (χ1) is 8.55. The highest BCUT2D eigenvalue weighted by molar-refractivity contribution is 5.18. The molecule has 100 valence electrons. The maximum atomic E-state index is 14.5. The van der Waals surface area contributed by atoms with Gasteiger partial charge in [0.2, 0.25) is 0 Å². The maximum absolute atomic E-state index is 14.5. The standard InChI is InChI=1S/C14H19F2NO/c1-14(16,9-13-10-18-6-5-17-13)8-11-3-2-4-12(15)7-11/h2-4,7,13,17H,5-6,8-10H2,1H3. The number of benzene rings is 1. The molecule has 1 aliphatic rings. The Hall–Kier alpha value is -1.00. The fourth-order valence-corrected chi connectivity index (χ4v) is 2.41. The van der Waals surface area contributed by atoms with Crippen LogP contribution in [0.1, 0.15) is 18.9 Å². The number of rotatable bonds is 4. The Morgan fingerprint density at radius 3 is 3.00 bits per heavy atom. The number of hydrogen-bond acceptors (Lipinski definition) is 2. The molecule has 2 nitrogen and oxygen atoms in total. The average Bonchev–Trinajstić information content (AvgIpc) is 2.28. The Balaban J connectivity index is 1.93. The molecule has 0 saturated carbocycles. The third-order valence-electron chi connectivity index (χ3n) is 3.13. The molecule has 18 heavy (non-hydrogen) atoms. The predicted octanol–water partition coefficient (Wildman–Crippen LogP) is 2.47. The Bertz CT molecular complexity index is 389. The lowest BCUT2D eigenvalue weighted by Crippen LogP contribution is -2.45. The van der Waals surface area contributed by atoms with Gasteiger partial charge in [-0.1, -0.05) is 12.1 Å². The Morgan fingerprint density at radius 2 is 2.33 bits per heavy atom. The summed E-state index contributed by atoms with van der Waals surface area (Å²) in [7, 11) is 0. The minimum absolute atomic E-state index is 0.0438. The van der Waals surface area contributed by atoms with Crippen molar-refractivity contribution in [2.24, 2.45) is 0 Å². The van der Waals surface area contributed by atoms with Crippen molar-refractivity contribution >= 4 is 0 Å². The van der Waals surface area contributed by atoms with Crippen LogP contribution in [0.25, 0.3) is 0 Å². The number of nitrogens with one attached hydrogen (secondary N) is 1. The van der Waals surface area contributed by atoms with Crippen molar-refractivity contribution in [3.05, 3.63) is 35.6 Å². The summed E-state index contributed by atoms with van der Waals surface area (Å²) >= 11 is 0. The highest BCUT2D eigenvalue weighted by Gasteiger charge is 2.29. The quantitative estimate of drug-likeness (QED) is 0.892. The Labute approximate surface area is 106 Å². The van der Waals surface area contributed by atoms with E-state index in [0.29, 0.717) is 25.2 Å². The monoisotopic (exact) mass is 255 g/mol. The topological polar surface area (TPSA) is 21.3 Å². The molecular formula is C14H19F2NO. The van der Waals surface area contributed by atoms with Crippen molar-refractivity contribution in [1.82, 2.24) is 5.32 Å². The molecule has 1 saturated heterocycles. The molecule has 1 aromatic rings. The van der Waals surface area contributed by atoms with Gasteiger partial charge in [-0.2, -0.15) is 0 Å². The van der Waals surface area contributed by atoms with Crippen molar-refractivity contribution in [1.29, 1.82) is 0 Å². The van der Waals surface area contributed by atoms with E-state index in [1.54, 1.807) is 19.1 Å². The zero-order valence-corrected chi connectivity index (χ0v) is 10.6. The summed E-state index contributed by atoms with van der Waals surface area (Å²) in [5.74, 6) is -0.317. The smallest absolute Gasteiger partial charge is 0.123 e. The van der Waals surface area contributed by atoms with Gasteiger partial charge in [-0.15, -0.1) is 0 Å². The maximum Gasteiger partial charge on any atom is 0.123 e. The van der Waals surface area contributed by atoms with Gasteiger partial charge in [0, 0.05) is 19.0 Å². The van der Waals surface area contributed by atoms with Gasteiger partial charge in [-0.25, -0.2) is 8.78 Å². The molecular weight excluding hydrogens is 236 g/mol. The molecule has 0 spiro atoms. The van der Waals surface area contributed by atoms with E-state index >= 15 is 0 Å². The average molecular weight is 255 g/mol. The summed E-state index contributed by atoms with van der Waals surface area (Å²) in [6.07, 6.45) is 0.604. The number of alkyl halides is 1. The second-order valence-electron chi connectivity index (χ2n) is 5.15. The predicted molar refractivity (Wildman–Crippen MR) is 66.8 cm³/mol. The van der Waals surface area contributed by atoms with Crippen LogP contribution in [0.5, 0.6) is 0 Å². The SMILES string of the molecule is CC(F)(Cc1cccc(F)c1)CC1COCCN1. The second kappa shape index (κ2) is 5.76. The number of hydrogen-bond donors (Lipinski definition) is 1. The lowest BCUT2D eigenvalue weighted by molar-refractivity contribution is 0.0483. The normalized spacial score (nSPS) is 23.6. The van der Waals surface area contributed by atoms with Crippen LogP contribution in [0.15, 0.2) is 24.3 Å². The zero-order valence-electron chi connectivity index (χ0n) is 10.6. The summed E-state index contributed by atoms with van der Waals surface area (Å²) in [5, 5.41) is 3.23. The van der Waals surface area contributed by atoms with Crippen LogP contribution in [0, 0.1) is 5.82 Å². The third kappa shape index (κ3) is 4.03. The molecule has 2 rings (SSSR count). The highest BCUT2D eigenvalue weighted by atomic mass is 19.1. The summed E-state index contributed by atoms with van der Waals surface area (Å²) in [5.41, 5.74) is -0.664. The van der Waals surface area contributed by atoms with Gasteiger partial charge in [-0.05, 0) is 31.0 Å². The molecule has 4 heteroatoms. The third-order valence-corrected chi connectivity index (χ3v) is 3.13. The Morgan fingerprint density at radius 1 is 1.50 bits per heavy atom. The zero-order chi connectivity index (χ0) is 13.0. The van der Waals surface area contributed by atoms with Gasteiger partial charge < -0.3 is 10.1 Å². The first kappa shape index (κ1) is 13.4. The molecule has 0 aromatic heterocycles. The van der Waals surface area contributed by atoms with E-state index in [-0.39, 0.29) is 18.3 Å². The molecule has 1 N–H and O–H groups in total. The van der Waals surface area contributed by atoms with Gasteiger partial charge in [0.05, 0.1) is 13.2 Å². The van der Waals surface area contributed by atoms with Gasteiger partial charge >= 0.3 is 0 Å². The molecule has 0 amide bonds. The van der Waals surface area contributed by atoms with Crippen molar-refractivity contribution in [3.8, 4) is 0 Å². The van der Waals surface area contributed by atoms with Crippen molar-refractivity contribution in [3.63, 3.8) is 0 Å². The molecule has 1 heterocycles. The number of morpholine rings is 1. The first-order valence-electron chi connectivity index (χ1n) is 6.30. The van der Waals surface area contributed by atoms with E-state index in [9.17, 15) is 8.78 Å². The van der Waals surface area contributed by atoms with Gasteiger partial charge in [0.1, 0.15) is 11.5 Å². The van der Waals surface area contributed by atoms with Crippen molar-refractivity contribution in [2.45, 2.75) is 31.5 Å². The van der Waals surface area contributed by atoms with Crippen LogP contribution in [0.3, 0.4) is 0 Å². The molecule has 1 aliphatic heterocycles. The largest absolute Gasteiger partial charge is 0.379 e. The molecule has 0 radical (unpaired) electrons. The minimum Gasteiger partial charge on any atom is -0.379 e. The molecule has 0 bridgehead atoms. The fourth-order valence-electron chi connectivity index (χ4n) is 2.41. The molecule has 2 atom stereocenters. The van der Waals surface area contributed by atoms with Crippen LogP contribution in [-0.4, -0.2) is 31.5 Å². The first-order valence-corrected chi connectivity index (χ1v) is 6.30. The van der Waals surface area contributed by atoms with Crippen LogP contribution in [-0.2, 0) is 11.2 Å². The summed E-state index contributed by atoms with van der Waals surface area (Å²) < 4.78 is 32.8. The van der Waals surface area contributed by atoms with Crippen LogP contribution < -0.4 is 5.32 Å². The highest BCUT2D eigenvalue weighted by Crippen LogP contribution is 2.24. The van der Waals surface area contributed by atoms with E-state index < -0.39 is 5.67 Å². The molecule has 1 aromatic carbocycles. The van der Waals surface area contributed by atoms with Crippen LogP contribution >= 0.6 is 0 Å². The lowest BCUT2D eigenvalue weighted by Gasteiger charge is -2.30. The van der Waals surface area contributed by atoms with E-state index in [1.165, 1.54) is 12.1 Å². The van der Waals surface area contributed by atoms with Crippen LogP contribution in [0.4, 0.5) is 8.78 Å². The second-order valence-corrected chi connectivity index (χ2v) is 5.15. The summed E-state index contributed by atoms with van der Waals surface area (Å²) in [6, 6.07) is 6.18. The molecule has 0 aliphatic carbocycles. The fraction of sp³-hybridized carbons (Fsp3) is 0.571. The van der Waals surface area contributed by atoms with E-state index in [2.05, 4.69) is 5.32 Å². The molecule has 2 unspecified atom stereocenters. The van der Waals surface area contributed by atoms with Crippen molar-refractivity contribution < 1.29 is 13.5 Å². The van der Waals surface area contributed by atoms with Crippen LogP contribution in [0.2, 0.25) is 0 Å². The van der Waals surface area contributed by atoms with Crippen molar-refractivity contribution in [2.75, 3.05) is 19.8 Å². The lowest BCUT2D eigenvalue weighted by atomic mass is 9.91. The van der Waals surface area contributed by atoms with E-state index in [0.717, 1.165) is 6.54 Å². The van der Waals surface area contributed by atoms with Gasteiger partial charge in [0.15, 0.2) is 0 Å². The molecule has 1 fully saturated rings. The Kier molecular flexibility index (Phi) is 4.30. The van der Waals surface area contributed by atoms with Gasteiger partial charge in [0.25, 0.3) is 0 Å². The summed E-state index contributed by atoms with van der Waals surface area (Å²) in [6.45, 7) is 3.56. The number of ether oxygens (including phenoxy) is 1. The van der Waals surface area contributed by atoms with E-state index in [1.807, 2.05) is 0 Å². The minimum atomic E-state index is -1.35. The van der Waals surface area contributed by atoms with Gasteiger partial charge in [-0.3, -0.25) is 0 Å². The van der Waals surface area contributed by atoms with E-state index in [4.69, 9.17) is 4.74 Å². The number of halogens is 2.